The van der Waals surface area contributed by atoms with Gasteiger partial charge in [-0.15, -0.1) is 0 Å². The summed E-state index contributed by atoms with van der Waals surface area (Å²) in [6, 6.07) is 12.7. The molecule has 172 valence electrons. The smallest absolute Gasteiger partial charge is 0.200 e. The van der Waals surface area contributed by atoms with Crippen molar-refractivity contribution in [2.24, 2.45) is 5.92 Å². The minimum absolute atomic E-state index is 0.0363. The van der Waals surface area contributed by atoms with Crippen molar-refractivity contribution in [1.29, 1.82) is 5.26 Å². The lowest BCUT2D eigenvalue weighted by Crippen LogP contribution is -2.77. The van der Waals surface area contributed by atoms with Crippen LogP contribution in [0.25, 0.3) is 6.08 Å². The number of hydrogen-bond acceptors (Lipinski definition) is 6. The van der Waals surface area contributed by atoms with Crippen LogP contribution in [0.15, 0.2) is 42.0 Å². The van der Waals surface area contributed by atoms with Crippen LogP contribution in [0.4, 0.5) is 0 Å². The van der Waals surface area contributed by atoms with Crippen LogP contribution in [0.1, 0.15) is 47.9 Å². The third-order valence-corrected chi connectivity index (χ3v) is 8.91. The number of benzene rings is 2. The molecule has 3 aliphatic carbocycles. The van der Waals surface area contributed by atoms with Crippen molar-refractivity contribution in [2.75, 3.05) is 13.1 Å². The average molecular weight is 455 g/mol. The Labute approximate surface area is 198 Å². The molecule has 6 heteroatoms. The van der Waals surface area contributed by atoms with Crippen molar-refractivity contribution in [3.8, 4) is 17.6 Å². The lowest BCUT2D eigenvalue weighted by atomic mass is 9.48. The van der Waals surface area contributed by atoms with Crippen molar-refractivity contribution in [2.45, 2.75) is 55.3 Å². The molecule has 2 N–H and O–H groups in total. The molecule has 4 atom stereocenters. The number of nitrogens with zero attached hydrogens (tertiary/aromatic N) is 2. The molecule has 0 unspecified atom stereocenters. The highest BCUT2D eigenvalue weighted by Crippen LogP contribution is 2.65. The van der Waals surface area contributed by atoms with Gasteiger partial charge in [0.1, 0.15) is 0 Å². The number of Topliss-reactive ketones (excluding diaryl/α,β-unsaturated/α-hetero) is 1. The maximum atomic E-state index is 13.8. The number of ketones is 1. The van der Waals surface area contributed by atoms with Crippen molar-refractivity contribution in [3.05, 3.63) is 64.2 Å². The van der Waals surface area contributed by atoms with E-state index in [1.165, 1.54) is 12.8 Å². The Hall–Kier alpha value is -3.14. The predicted octanol–water partition coefficient (Wildman–Crippen LogP) is 3.09. The zero-order valence-electron chi connectivity index (χ0n) is 18.8. The molecule has 1 spiro atoms. The Morgan fingerprint density at radius 3 is 2.74 bits per heavy atom. The zero-order chi connectivity index (χ0) is 23.2. The number of likely N-dealkylation sites (tertiary alicyclic amines) is 1. The maximum Gasteiger partial charge on any atom is 0.200 e. The summed E-state index contributed by atoms with van der Waals surface area (Å²) in [4.78, 5) is 16.3. The molecule has 0 amide bonds. The molecule has 34 heavy (non-hydrogen) atoms. The number of phenols is 1. The summed E-state index contributed by atoms with van der Waals surface area (Å²) in [5.74, 6) is 0.993. The van der Waals surface area contributed by atoms with Crippen LogP contribution in [0, 0.1) is 17.2 Å². The molecule has 2 saturated carbocycles. The van der Waals surface area contributed by atoms with Crippen LogP contribution in [0.5, 0.6) is 11.5 Å². The number of piperidine rings is 1. The molecule has 3 fully saturated rings. The molecule has 2 aliphatic heterocycles. The summed E-state index contributed by atoms with van der Waals surface area (Å²) in [5, 5.41) is 32.4. The average Bonchev–Trinajstić information content (AvgIpc) is 3.57. The monoisotopic (exact) mass is 454 g/mol. The van der Waals surface area contributed by atoms with Gasteiger partial charge >= 0.3 is 0 Å². The van der Waals surface area contributed by atoms with Crippen LogP contribution < -0.4 is 4.74 Å². The lowest BCUT2D eigenvalue weighted by Gasteiger charge is -2.62. The van der Waals surface area contributed by atoms with Crippen LogP contribution in [-0.4, -0.2) is 51.7 Å². The number of hydrogen-bond donors (Lipinski definition) is 2. The Balaban J connectivity index is 1.39. The molecule has 2 aromatic rings. The van der Waals surface area contributed by atoms with E-state index in [1.807, 2.05) is 24.3 Å². The number of nitriles is 1. The lowest BCUT2D eigenvalue weighted by molar-refractivity contribution is -0.179. The number of rotatable bonds is 3. The summed E-state index contributed by atoms with van der Waals surface area (Å²) in [6.45, 7) is 1.80. The van der Waals surface area contributed by atoms with Crippen molar-refractivity contribution < 1.29 is 19.7 Å². The zero-order valence-corrected chi connectivity index (χ0v) is 18.8. The molecule has 1 saturated heterocycles. The second-order valence-corrected chi connectivity index (χ2v) is 10.7. The second kappa shape index (κ2) is 6.71. The van der Waals surface area contributed by atoms with Gasteiger partial charge in [0.05, 0.1) is 22.6 Å². The largest absolute Gasteiger partial charge is 0.504 e. The first-order valence-corrected chi connectivity index (χ1v) is 12.2. The third kappa shape index (κ3) is 2.49. The first-order valence-electron chi connectivity index (χ1n) is 12.2. The minimum Gasteiger partial charge on any atom is -0.504 e. The first-order chi connectivity index (χ1) is 16.4. The predicted molar refractivity (Wildman–Crippen MR) is 124 cm³/mol. The molecular weight excluding hydrogens is 428 g/mol. The molecule has 0 radical (unpaired) electrons. The molecule has 2 heterocycles. The van der Waals surface area contributed by atoms with Gasteiger partial charge in [-0.25, -0.2) is 0 Å². The van der Waals surface area contributed by atoms with Crippen LogP contribution in [0.3, 0.4) is 0 Å². The topological polar surface area (TPSA) is 93.8 Å². The van der Waals surface area contributed by atoms with E-state index in [-0.39, 0.29) is 24.0 Å². The fraction of sp³-hybridized carbons (Fsp3) is 0.429. The Morgan fingerprint density at radius 2 is 2.00 bits per heavy atom. The van der Waals surface area contributed by atoms with E-state index in [1.54, 1.807) is 18.2 Å². The maximum absolute atomic E-state index is 13.8. The summed E-state index contributed by atoms with van der Waals surface area (Å²) >= 11 is 0. The Bertz CT molecular complexity index is 1300. The van der Waals surface area contributed by atoms with E-state index in [2.05, 4.69) is 11.0 Å². The third-order valence-electron chi connectivity index (χ3n) is 8.91. The van der Waals surface area contributed by atoms with E-state index in [4.69, 9.17) is 10.00 Å². The summed E-state index contributed by atoms with van der Waals surface area (Å²) < 4.78 is 6.26. The number of ether oxygens (including phenoxy) is 1. The van der Waals surface area contributed by atoms with Gasteiger partial charge in [0, 0.05) is 30.1 Å². The highest BCUT2D eigenvalue weighted by molar-refractivity contribution is 6.06. The van der Waals surface area contributed by atoms with E-state index in [0.717, 1.165) is 29.8 Å². The second-order valence-electron chi connectivity index (χ2n) is 10.7. The highest BCUT2D eigenvalue weighted by atomic mass is 16.5. The first kappa shape index (κ1) is 20.3. The van der Waals surface area contributed by atoms with E-state index < -0.39 is 17.1 Å². The number of aliphatic hydroxyl groups is 1. The molecule has 7 rings (SSSR count). The molecular formula is C28H26N2O4. The van der Waals surface area contributed by atoms with Gasteiger partial charge in [0.2, 0.25) is 0 Å². The fourth-order valence-corrected chi connectivity index (χ4v) is 7.16. The summed E-state index contributed by atoms with van der Waals surface area (Å²) in [7, 11) is 0. The van der Waals surface area contributed by atoms with Gasteiger partial charge in [-0.05, 0) is 73.5 Å². The molecule has 2 aromatic carbocycles. The van der Waals surface area contributed by atoms with E-state index in [0.29, 0.717) is 35.6 Å². The van der Waals surface area contributed by atoms with Crippen molar-refractivity contribution in [1.82, 2.24) is 4.90 Å². The van der Waals surface area contributed by atoms with Gasteiger partial charge < -0.3 is 14.9 Å². The number of carbonyl (C=O) groups is 1. The summed E-state index contributed by atoms with van der Waals surface area (Å²) in [6.07, 6.45) is 5.05. The van der Waals surface area contributed by atoms with Crippen molar-refractivity contribution in [3.63, 3.8) is 0 Å². The van der Waals surface area contributed by atoms with Gasteiger partial charge in [-0.1, -0.05) is 18.2 Å². The standard InChI is InChI=1S/C28H26N2O4/c29-14-17-3-1-16(2-4-17)11-20-13-28(33)22-12-19-7-8-21(31)25-23(19)27(28,26(34-25)24(20)32)9-10-30(22)15-18-5-6-18/h1-4,7-8,11,18,22,26,31,33H,5-6,9-10,12-13,15H2/b20-11+/t22-,26+,27+,28-/m1/s1. The normalized spacial score (nSPS) is 34.5. The number of phenolic OH excluding ortho intramolecular Hbond substituents is 1. The van der Waals surface area contributed by atoms with Gasteiger partial charge in [-0.2, -0.15) is 5.26 Å². The van der Waals surface area contributed by atoms with E-state index >= 15 is 0 Å². The van der Waals surface area contributed by atoms with Crippen LogP contribution >= 0.6 is 0 Å². The van der Waals surface area contributed by atoms with Crippen LogP contribution in [0.2, 0.25) is 0 Å². The van der Waals surface area contributed by atoms with Crippen LogP contribution in [-0.2, 0) is 16.6 Å². The highest BCUT2D eigenvalue weighted by Gasteiger charge is 2.74. The molecule has 6 nitrogen and oxygen atoms in total. The summed E-state index contributed by atoms with van der Waals surface area (Å²) in [5.41, 5.74) is 1.86. The quantitative estimate of drug-likeness (QED) is 0.693. The minimum atomic E-state index is -1.16. The Morgan fingerprint density at radius 1 is 1.21 bits per heavy atom. The Kier molecular flexibility index (Phi) is 4.00. The van der Waals surface area contributed by atoms with Gasteiger partial charge in [0.25, 0.3) is 0 Å². The fourth-order valence-electron chi connectivity index (χ4n) is 7.16. The van der Waals surface area contributed by atoms with Crippen molar-refractivity contribution >= 4 is 11.9 Å². The SMILES string of the molecule is N#Cc1ccc(/C=C2\C[C@@]3(O)[C@H]4Cc5ccc(O)c6c5[C@@]3(CCN4CC3CC3)[C@@H](O6)C2=O)cc1. The molecule has 0 aromatic heterocycles. The number of aromatic hydroxyl groups is 1. The number of carbonyl (C=O) groups excluding carboxylic acids is 1. The molecule has 2 bridgehead atoms. The molecule has 5 aliphatic rings. The van der Waals surface area contributed by atoms with Gasteiger partial charge in [0.15, 0.2) is 23.4 Å². The van der Waals surface area contributed by atoms with E-state index in [9.17, 15) is 15.0 Å². The van der Waals surface area contributed by atoms with Gasteiger partial charge in [-0.3, -0.25) is 9.69 Å².